The second-order valence-corrected chi connectivity index (χ2v) is 2.86. The maximum Gasteiger partial charge on any atom is 0.0729 e. The van der Waals surface area contributed by atoms with Crippen molar-refractivity contribution in [1.29, 1.82) is 0 Å². The first kappa shape index (κ1) is 7.98. The summed E-state index contributed by atoms with van der Waals surface area (Å²) in [5.74, 6) is 5.38. The molecule has 1 aliphatic heterocycles. The Bertz CT molecular complexity index is 91.6. The molecule has 1 saturated heterocycles. The van der Waals surface area contributed by atoms with Crippen LogP contribution in [0.15, 0.2) is 0 Å². The van der Waals surface area contributed by atoms with E-state index in [1.807, 2.05) is 0 Å². The topological polar surface area (TPSA) is 44.5 Å². The van der Waals surface area contributed by atoms with Gasteiger partial charge >= 0.3 is 0 Å². The van der Waals surface area contributed by atoms with Gasteiger partial charge < -0.3 is 9.57 Å². The third-order valence-corrected chi connectivity index (χ3v) is 1.96. The molecule has 2 N–H and O–H groups in total. The number of nitrogens with two attached hydrogens (primary N) is 1. The highest BCUT2D eigenvalue weighted by molar-refractivity contribution is 4.70. The minimum atomic E-state index is 0.378. The zero-order chi connectivity index (χ0) is 7.40. The molecule has 10 heavy (non-hydrogen) atoms. The summed E-state index contributed by atoms with van der Waals surface area (Å²) >= 11 is 0. The summed E-state index contributed by atoms with van der Waals surface area (Å²) in [6.07, 6.45) is 2.72. The largest absolute Gasteiger partial charge is 0.378 e. The molecule has 2 atom stereocenters. The van der Waals surface area contributed by atoms with Gasteiger partial charge in [0, 0.05) is 12.5 Å². The van der Waals surface area contributed by atoms with Crippen LogP contribution in [0.1, 0.15) is 19.8 Å². The van der Waals surface area contributed by atoms with Crippen LogP contribution in [0.3, 0.4) is 0 Å². The van der Waals surface area contributed by atoms with Gasteiger partial charge in [0.2, 0.25) is 0 Å². The van der Waals surface area contributed by atoms with Crippen molar-refractivity contribution in [3.8, 4) is 0 Å². The fourth-order valence-electron chi connectivity index (χ4n) is 1.31. The van der Waals surface area contributed by atoms with Crippen LogP contribution < -0.4 is 5.90 Å². The second-order valence-electron chi connectivity index (χ2n) is 2.86. The van der Waals surface area contributed by atoms with Crippen LogP contribution in [0.25, 0.3) is 0 Å². The molecule has 0 aromatic heterocycles. The minimum Gasteiger partial charge on any atom is -0.378 e. The number of ether oxygens (including phenoxy) is 1. The summed E-state index contributed by atoms with van der Waals surface area (Å²) in [7, 11) is 0. The lowest BCUT2D eigenvalue weighted by Gasteiger charge is -2.16. The predicted octanol–water partition coefficient (Wildman–Crippen LogP) is 0.692. The Kier molecular flexibility index (Phi) is 3.12. The molecular formula is C7H15NO2. The molecule has 1 rings (SSSR count). The highest BCUT2D eigenvalue weighted by Crippen LogP contribution is 2.19. The SMILES string of the molecule is CC(CON)C1CCCO1. The Morgan fingerprint density at radius 3 is 3.10 bits per heavy atom. The molecule has 1 fully saturated rings. The standard InChI is InChI=1S/C7H15NO2/c1-6(5-10-8)7-3-2-4-9-7/h6-7H,2-5,8H2,1H3. The number of hydrogen-bond acceptors (Lipinski definition) is 3. The summed E-state index contributed by atoms with van der Waals surface area (Å²) < 4.78 is 5.43. The van der Waals surface area contributed by atoms with Crippen molar-refractivity contribution in [3.05, 3.63) is 0 Å². The lowest BCUT2D eigenvalue weighted by Crippen LogP contribution is -2.22. The van der Waals surface area contributed by atoms with E-state index in [1.54, 1.807) is 0 Å². The van der Waals surface area contributed by atoms with Crippen LogP contribution in [0, 0.1) is 5.92 Å². The third-order valence-electron chi connectivity index (χ3n) is 1.96. The maximum atomic E-state index is 5.43. The first-order chi connectivity index (χ1) is 4.84. The Balaban J connectivity index is 2.18. The Labute approximate surface area is 61.4 Å². The molecule has 0 bridgehead atoms. The summed E-state index contributed by atoms with van der Waals surface area (Å²) in [5, 5.41) is 0. The number of hydrogen-bond donors (Lipinski definition) is 1. The molecule has 1 heterocycles. The van der Waals surface area contributed by atoms with E-state index in [-0.39, 0.29) is 0 Å². The van der Waals surface area contributed by atoms with Crippen molar-refractivity contribution >= 4 is 0 Å². The van der Waals surface area contributed by atoms with Gasteiger partial charge in [-0.25, -0.2) is 5.90 Å². The quantitative estimate of drug-likeness (QED) is 0.594. The first-order valence-corrected chi connectivity index (χ1v) is 3.78. The third kappa shape index (κ3) is 1.94. The van der Waals surface area contributed by atoms with Gasteiger partial charge in [-0.1, -0.05) is 6.92 Å². The predicted molar refractivity (Wildman–Crippen MR) is 38.3 cm³/mol. The fourth-order valence-corrected chi connectivity index (χ4v) is 1.31. The molecule has 1 aliphatic rings. The Morgan fingerprint density at radius 2 is 2.60 bits per heavy atom. The minimum absolute atomic E-state index is 0.378. The van der Waals surface area contributed by atoms with Crippen LogP contribution in [-0.4, -0.2) is 19.3 Å². The van der Waals surface area contributed by atoms with E-state index in [4.69, 9.17) is 10.6 Å². The van der Waals surface area contributed by atoms with Gasteiger partial charge in [-0.2, -0.15) is 0 Å². The summed E-state index contributed by atoms with van der Waals surface area (Å²) in [4.78, 5) is 4.54. The van der Waals surface area contributed by atoms with Crippen LogP contribution in [-0.2, 0) is 9.57 Å². The van der Waals surface area contributed by atoms with Crippen molar-refractivity contribution in [2.45, 2.75) is 25.9 Å². The van der Waals surface area contributed by atoms with Gasteiger partial charge in [-0.3, -0.25) is 0 Å². The first-order valence-electron chi connectivity index (χ1n) is 3.78. The van der Waals surface area contributed by atoms with Gasteiger partial charge in [0.05, 0.1) is 12.7 Å². The number of rotatable bonds is 3. The molecule has 2 unspecified atom stereocenters. The summed E-state index contributed by atoms with van der Waals surface area (Å²) in [6.45, 7) is 3.60. The highest BCUT2D eigenvalue weighted by atomic mass is 16.6. The van der Waals surface area contributed by atoms with E-state index in [0.29, 0.717) is 18.6 Å². The average molecular weight is 145 g/mol. The molecule has 60 valence electrons. The summed E-state index contributed by atoms with van der Waals surface area (Å²) in [6, 6.07) is 0. The van der Waals surface area contributed by atoms with E-state index in [1.165, 1.54) is 6.42 Å². The van der Waals surface area contributed by atoms with E-state index in [2.05, 4.69) is 11.8 Å². The zero-order valence-corrected chi connectivity index (χ0v) is 6.38. The van der Waals surface area contributed by atoms with Crippen LogP contribution in [0.4, 0.5) is 0 Å². The molecule has 0 aromatic carbocycles. The molecule has 0 saturated carbocycles. The van der Waals surface area contributed by atoms with Gasteiger partial charge in [-0.15, -0.1) is 0 Å². The molecule has 0 radical (unpaired) electrons. The normalized spacial score (nSPS) is 28.8. The zero-order valence-electron chi connectivity index (χ0n) is 6.38. The molecule has 3 heteroatoms. The van der Waals surface area contributed by atoms with Crippen LogP contribution in [0.2, 0.25) is 0 Å². The second kappa shape index (κ2) is 3.91. The molecule has 0 spiro atoms. The molecule has 0 aromatic rings. The smallest absolute Gasteiger partial charge is 0.0729 e. The average Bonchev–Trinajstić information content (AvgIpc) is 2.38. The Morgan fingerprint density at radius 1 is 1.80 bits per heavy atom. The molecular weight excluding hydrogens is 130 g/mol. The van der Waals surface area contributed by atoms with Crippen molar-refractivity contribution in [1.82, 2.24) is 0 Å². The summed E-state index contributed by atoms with van der Waals surface area (Å²) in [5.41, 5.74) is 0. The van der Waals surface area contributed by atoms with Crippen molar-refractivity contribution in [2.24, 2.45) is 11.8 Å². The van der Waals surface area contributed by atoms with Gasteiger partial charge in [-0.05, 0) is 12.8 Å². The van der Waals surface area contributed by atoms with Crippen molar-refractivity contribution < 1.29 is 9.57 Å². The maximum absolute atomic E-state index is 5.43. The lowest BCUT2D eigenvalue weighted by molar-refractivity contribution is 0.0169. The van der Waals surface area contributed by atoms with E-state index >= 15 is 0 Å². The van der Waals surface area contributed by atoms with E-state index in [0.717, 1.165) is 13.0 Å². The fraction of sp³-hybridized carbons (Fsp3) is 1.00. The van der Waals surface area contributed by atoms with Crippen molar-refractivity contribution in [3.63, 3.8) is 0 Å². The Hall–Kier alpha value is -0.120. The van der Waals surface area contributed by atoms with E-state index in [9.17, 15) is 0 Å². The van der Waals surface area contributed by atoms with Gasteiger partial charge in [0.25, 0.3) is 0 Å². The van der Waals surface area contributed by atoms with Crippen LogP contribution >= 0.6 is 0 Å². The van der Waals surface area contributed by atoms with Crippen LogP contribution in [0.5, 0.6) is 0 Å². The van der Waals surface area contributed by atoms with E-state index < -0.39 is 0 Å². The van der Waals surface area contributed by atoms with Crippen molar-refractivity contribution in [2.75, 3.05) is 13.2 Å². The lowest BCUT2D eigenvalue weighted by atomic mass is 10.0. The van der Waals surface area contributed by atoms with Gasteiger partial charge in [0.15, 0.2) is 0 Å². The monoisotopic (exact) mass is 145 g/mol. The van der Waals surface area contributed by atoms with Gasteiger partial charge in [0.1, 0.15) is 0 Å². The molecule has 0 aliphatic carbocycles. The highest BCUT2D eigenvalue weighted by Gasteiger charge is 2.21. The molecule has 3 nitrogen and oxygen atoms in total. The molecule has 0 amide bonds.